The van der Waals surface area contributed by atoms with Crippen molar-refractivity contribution < 1.29 is 4.42 Å². The summed E-state index contributed by atoms with van der Waals surface area (Å²) in [7, 11) is 0. The number of nitrogen functional groups attached to an aromatic ring is 1. The van der Waals surface area contributed by atoms with Gasteiger partial charge >= 0.3 is 0 Å². The number of nitrogens with two attached hydrogens (primary N) is 1. The minimum Gasteiger partial charge on any atom is -0.461 e. The van der Waals surface area contributed by atoms with Gasteiger partial charge in [0, 0.05) is 0 Å². The molecule has 0 aliphatic carbocycles. The quantitative estimate of drug-likeness (QED) is 0.657. The first-order chi connectivity index (χ1) is 5.77. The summed E-state index contributed by atoms with van der Waals surface area (Å²) in [6, 6.07) is 1.86. The summed E-state index contributed by atoms with van der Waals surface area (Å²) < 4.78 is 5.17. The molecule has 0 saturated heterocycles. The normalized spacial score (nSPS) is 10.4. The van der Waals surface area contributed by atoms with Gasteiger partial charge in [0.05, 0.1) is 6.26 Å². The zero-order valence-corrected chi connectivity index (χ0v) is 6.53. The first-order valence-electron chi connectivity index (χ1n) is 3.49. The molecule has 62 valence electrons. The fraction of sp³-hybridized carbons (Fsp3) is 0.143. The molecule has 12 heavy (non-hydrogen) atoms. The molecule has 0 aliphatic heterocycles. The minimum atomic E-state index is 0.223. The number of rotatable bonds is 1. The molecule has 0 fully saturated rings. The number of aromatic amines is 1. The van der Waals surface area contributed by atoms with E-state index in [1.54, 1.807) is 6.26 Å². The van der Waals surface area contributed by atoms with Crippen LogP contribution in [-0.2, 0) is 0 Å². The molecule has 0 aromatic carbocycles. The predicted octanol–water partition coefficient (Wildman–Crippen LogP) is 0.955. The number of H-pyrrole nitrogens is 1. The highest BCUT2D eigenvalue weighted by Crippen LogP contribution is 2.20. The minimum absolute atomic E-state index is 0.223. The van der Waals surface area contributed by atoms with Gasteiger partial charge < -0.3 is 10.2 Å². The third kappa shape index (κ3) is 0.952. The topological polar surface area (TPSA) is 80.7 Å². The first kappa shape index (κ1) is 6.90. The Morgan fingerprint density at radius 1 is 1.58 bits per heavy atom. The molecule has 5 nitrogen and oxygen atoms in total. The van der Waals surface area contributed by atoms with Crippen LogP contribution in [0.25, 0.3) is 11.6 Å². The van der Waals surface area contributed by atoms with Crippen LogP contribution in [-0.4, -0.2) is 15.2 Å². The average Bonchev–Trinajstić information content (AvgIpc) is 2.58. The van der Waals surface area contributed by atoms with Crippen molar-refractivity contribution in [2.75, 3.05) is 5.73 Å². The molecule has 0 spiro atoms. The van der Waals surface area contributed by atoms with Crippen LogP contribution in [0.2, 0.25) is 0 Å². The summed E-state index contributed by atoms with van der Waals surface area (Å²) in [4.78, 5) is 3.93. The maximum absolute atomic E-state index is 5.34. The highest BCUT2D eigenvalue weighted by Gasteiger charge is 2.08. The average molecular weight is 164 g/mol. The van der Waals surface area contributed by atoms with Crippen LogP contribution in [0.15, 0.2) is 16.7 Å². The monoisotopic (exact) mass is 164 g/mol. The van der Waals surface area contributed by atoms with Crippen LogP contribution < -0.4 is 5.73 Å². The Balaban J connectivity index is 2.50. The maximum atomic E-state index is 5.34. The number of hydrogen-bond acceptors (Lipinski definition) is 4. The molecule has 2 rings (SSSR count). The van der Waals surface area contributed by atoms with Crippen LogP contribution >= 0.6 is 0 Å². The van der Waals surface area contributed by atoms with E-state index in [4.69, 9.17) is 10.2 Å². The Hall–Kier alpha value is -1.78. The summed E-state index contributed by atoms with van der Waals surface area (Å²) in [5.41, 5.74) is 6.35. The van der Waals surface area contributed by atoms with Gasteiger partial charge in [-0.25, -0.2) is 0 Å². The van der Waals surface area contributed by atoms with Gasteiger partial charge in [-0.1, -0.05) is 0 Å². The predicted molar refractivity (Wildman–Crippen MR) is 43.2 cm³/mol. The standard InChI is InChI=1S/C7H8N4O/c1-4-2-3-12-5(4)6-9-7(8)11-10-6/h2-3H,1H3,(H3,8,9,10,11). The molecule has 0 saturated carbocycles. The van der Waals surface area contributed by atoms with Gasteiger partial charge in [-0.05, 0) is 18.6 Å². The van der Waals surface area contributed by atoms with Gasteiger partial charge in [0.15, 0.2) is 11.6 Å². The van der Waals surface area contributed by atoms with Crippen molar-refractivity contribution >= 4 is 5.95 Å². The number of anilines is 1. The molecule has 0 atom stereocenters. The fourth-order valence-corrected chi connectivity index (χ4v) is 0.992. The van der Waals surface area contributed by atoms with Crippen LogP contribution in [0.4, 0.5) is 5.95 Å². The summed E-state index contributed by atoms with van der Waals surface area (Å²) in [5, 5.41) is 6.36. The van der Waals surface area contributed by atoms with Crippen molar-refractivity contribution in [1.29, 1.82) is 0 Å². The van der Waals surface area contributed by atoms with Crippen molar-refractivity contribution in [3.8, 4) is 11.6 Å². The van der Waals surface area contributed by atoms with Crippen molar-refractivity contribution in [3.63, 3.8) is 0 Å². The van der Waals surface area contributed by atoms with Gasteiger partial charge in [-0.3, -0.25) is 5.10 Å². The summed E-state index contributed by atoms with van der Waals surface area (Å²) in [5.74, 6) is 1.47. The second-order valence-corrected chi connectivity index (χ2v) is 2.47. The van der Waals surface area contributed by atoms with E-state index >= 15 is 0 Å². The molecule has 3 N–H and O–H groups in total. The van der Waals surface area contributed by atoms with Gasteiger partial charge in [0.1, 0.15) is 0 Å². The van der Waals surface area contributed by atoms with E-state index in [-0.39, 0.29) is 5.95 Å². The second kappa shape index (κ2) is 2.37. The largest absolute Gasteiger partial charge is 0.461 e. The molecule has 0 amide bonds. The van der Waals surface area contributed by atoms with Gasteiger partial charge in [-0.2, -0.15) is 4.98 Å². The molecule has 0 bridgehead atoms. The zero-order valence-electron chi connectivity index (χ0n) is 6.53. The van der Waals surface area contributed by atoms with E-state index in [0.717, 1.165) is 5.56 Å². The lowest BCUT2D eigenvalue weighted by atomic mass is 10.3. The number of furan rings is 1. The van der Waals surface area contributed by atoms with Crippen molar-refractivity contribution in [1.82, 2.24) is 15.2 Å². The fourth-order valence-electron chi connectivity index (χ4n) is 0.992. The van der Waals surface area contributed by atoms with Crippen molar-refractivity contribution in [2.24, 2.45) is 0 Å². The van der Waals surface area contributed by atoms with E-state index in [1.807, 2.05) is 13.0 Å². The highest BCUT2D eigenvalue weighted by atomic mass is 16.3. The molecule has 2 aromatic heterocycles. The third-order valence-corrected chi connectivity index (χ3v) is 1.58. The molecule has 0 radical (unpaired) electrons. The van der Waals surface area contributed by atoms with Crippen molar-refractivity contribution in [3.05, 3.63) is 17.9 Å². The number of nitrogens with zero attached hydrogens (tertiary/aromatic N) is 2. The number of aryl methyl sites for hydroxylation is 1. The lowest BCUT2D eigenvalue weighted by Gasteiger charge is -1.89. The Bertz CT molecular complexity index is 390. The lowest BCUT2D eigenvalue weighted by molar-refractivity contribution is 0.576. The van der Waals surface area contributed by atoms with Gasteiger partial charge in [0.25, 0.3) is 0 Å². The van der Waals surface area contributed by atoms with Crippen LogP contribution in [0, 0.1) is 6.92 Å². The van der Waals surface area contributed by atoms with Crippen LogP contribution in [0.1, 0.15) is 5.56 Å². The van der Waals surface area contributed by atoms with E-state index in [9.17, 15) is 0 Å². The van der Waals surface area contributed by atoms with Crippen LogP contribution in [0.5, 0.6) is 0 Å². The zero-order chi connectivity index (χ0) is 8.55. The summed E-state index contributed by atoms with van der Waals surface area (Å²) in [6.45, 7) is 1.93. The number of aromatic nitrogens is 3. The van der Waals surface area contributed by atoms with E-state index < -0.39 is 0 Å². The van der Waals surface area contributed by atoms with E-state index in [1.165, 1.54) is 0 Å². The van der Waals surface area contributed by atoms with E-state index in [0.29, 0.717) is 11.6 Å². The molecule has 2 aromatic rings. The van der Waals surface area contributed by atoms with Gasteiger partial charge in [-0.15, -0.1) is 5.10 Å². The Morgan fingerprint density at radius 3 is 2.92 bits per heavy atom. The van der Waals surface area contributed by atoms with E-state index in [2.05, 4.69) is 15.2 Å². The second-order valence-electron chi connectivity index (χ2n) is 2.47. The number of nitrogens with one attached hydrogen (secondary N) is 1. The van der Waals surface area contributed by atoms with Crippen LogP contribution in [0.3, 0.4) is 0 Å². The SMILES string of the molecule is Cc1ccoc1-c1nc(N)n[nH]1. The Kier molecular flexibility index (Phi) is 1.36. The lowest BCUT2D eigenvalue weighted by Crippen LogP contribution is -1.85. The molecule has 5 heteroatoms. The molecule has 0 aliphatic rings. The first-order valence-corrected chi connectivity index (χ1v) is 3.49. The number of hydrogen-bond donors (Lipinski definition) is 2. The molecule has 2 heterocycles. The molecular formula is C7H8N4O. The Labute approximate surface area is 68.6 Å². The molecular weight excluding hydrogens is 156 g/mol. The molecule has 0 unspecified atom stereocenters. The van der Waals surface area contributed by atoms with Gasteiger partial charge in [0.2, 0.25) is 5.95 Å². The third-order valence-electron chi connectivity index (χ3n) is 1.58. The smallest absolute Gasteiger partial charge is 0.239 e. The summed E-state index contributed by atoms with van der Waals surface area (Å²) in [6.07, 6.45) is 1.60. The summed E-state index contributed by atoms with van der Waals surface area (Å²) >= 11 is 0. The Morgan fingerprint density at radius 2 is 2.42 bits per heavy atom. The highest BCUT2D eigenvalue weighted by molar-refractivity contribution is 5.52. The maximum Gasteiger partial charge on any atom is 0.239 e. The van der Waals surface area contributed by atoms with Crippen molar-refractivity contribution in [2.45, 2.75) is 6.92 Å².